The highest BCUT2D eigenvalue weighted by atomic mass is 16.7. The zero-order valence-electron chi connectivity index (χ0n) is 28.6. The molecule has 10 atom stereocenters. The molecule has 266 valence electrons. The fourth-order valence-corrected chi connectivity index (χ4v) is 7.72. The van der Waals surface area contributed by atoms with Gasteiger partial charge in [0.05, 0.1) is 23.3 Å². The Morgan fingerprint density at radius 1 is 0.875 bits per heavy atom. The van der Waals surface area contributed by atoms with Gasteiger partial charge in [0, 0.05) is 33.6 Å². The maximum absolute atomic E-state index is 13.6. The third kappa shape index (κ3) is 5.95. The van der Waals surface area contributed by atoms with Crippen molar-refractivity contribution in [2.45, 2.75) is 122 Å². The van der Waals surface area contributed by atoms with Crippen LogP contribution in [0.2, 0.25) is 0 Å². The van der Waals surface area contributed by atoms with E-state index in [1.807, 2.05) is 0 Å². The van der Waals surface area contributed by atoms with Gasteiger partial charge in [0.15, 0.2) is 23.9 Å². The number of hydrogen-bond donors (Lipinski definition) is 1. The van der Waals surface area contributed by atoms with Crippen LogP contribution in [-0.4, -0.2) is 94.9 Å². The molecule has 2 aliphatic carbocycles. The van der Waals surface area contributed by atoms with Crippen LogP contribution in [0.4, 0.5) is 0 Å². The van der Waals surface area contributed by atoms with Gasteiger partial charge in [-0.05, 0) is 39.7 Å². The number of aliphatic hydroxyl groups is 1. The first kappa shape index (κ1) is 36.8. The largest absolute Gasteiger partial charge is 0.472 e. The number of esters is 6. The second-order valence-corrected chi connectivity index (χ2v) is 13.5. The summed E-state index contributed by atoms with van der Waals surface area (Å²) in [5.74, 6) is -6.63. The van der Waals surface area contributed by atoms with Crippen LogP contribution in [0.1, 0.15) is 85.5 Å². The molecule has 15 nitrogen and oxygen atoms in total. The van der Waals surface area contributed by atoms with Crippen molar-refractivity contribution in [2.75, 3.05) is 6.61 Å². The summed E-state index contributed by atoms with van der Waals surface area (Å²) >= 11 is 0. The smallest absolute Gasteiger partial charge is 0.341 e. The molecule has 3 fully saturated rings. The summed E-state index contributed by atoms with van der Waals surface area (Å²) in [6.45, 7) is 11.5. The number of ether oxygens (including phenoxy) is 7. The summed E-state index contributed by atoms with van der Waals surface area (Å²) in [6.07, 6.45) is -5.67. The molecule has 0 amide bonds. The lowest BCUT2D eigenvalue weighted by Crippen LogP contribution is -2.87. The number of fused-ring (bicyclic) bond motifs is 1. The van der Waals surface area contributed by atoms with E-state index in [2.05, 4.69) is 0 Å². The molecule has 1 aromatic heterocycles. The van der Waals surface area contributed by atoms with Crippen LogP contribution >= 0.6 is 0 Å². The average molecular weight is 681 g/mol. The summed E-state index contributed by atoms with van der Waals surface area (Å²) < 4.78 is 47.2. The normalized spacial score (nSPS) is 35.3. The van der Waals surface area contributed by atoms with Crippen LogP contribution in [0.15, 0.2) is 23.0 Å². The molecule has 3 aliphatic rings. The van der Waals surface area contributed by atoms with Crippen molar-refractivity contribution in [3.05, 3.63) is 24.2 Å². The second-order valence-electron chi connectivity index (χ2n) is 13.5. The van der Waals surface area contributed by atoms with Gasteiger partial charge in [0.25, 0.3) is 0 Å². The van der Waals surface area contributed by atoms with Crippen LogP contribution in [0, 0.1) is 17.3 Å². The van der Waals surface area contributed by atoms with E-state index in [9.17, 15) is 33.9 Å². The molecule has 2 saturated carbocycles. The summed E-state index contributed by atoms with van der Waals surface area (Å²) in [6, 6.07) is 1.35. The molecule has 1 N–H and O–H groups in total. The summed E-state index contributed by atoms with van der Waals surface area (Å²) in [4.78, 5) is 78.0. The van der Waals surface area contributed by atoms with Gasteiger partial charge in [0.2, 0.25) is 0 Å². The highest BCUT2D eigenvalue weighted by molar-refractivity contribution is 5.89. The molecule has 0 aromatic carbocycles. The Kier molecular flexibility index (Phi) is 10.1. The van der Waals surface area contributed by atoms with Crippen LogP contribution in [-0.2, 0) is 57.1 Å². The molecule has 1 spiro atoms. The predicted octanol–water partition coefficient (Wildman–Crippen LogP) is 2.44. The van der Waals surface area contributed by atoms with Gasteiger partial charge in [-0.15, -0.1) is 0 Å². The van der Waals surface area contributed by atoms with E-state index in [0.717, 1.165) is 34.0 Å². The van der Waals surface area contributed by atoms with Gasteiger partial charge < -0.3 is 42.7 Å². The van der Waals surface area contributed by atoms with E-state index < -0.39 is 107 Å². The van der Waals surface area contributed by atoms with E-state index in [0.29, 0.717) is 6.42 Å². The quantitative estimate of drug-likeness (QED) is 0.279. The first-order valence-electron chi connectivity index (χ1n) is 15.8. The zero-order valence-corrected chi connectivity index (χ0v) is 28.6. The lowest BCUT2D eigenvalue weighted by molar-refractivity contribution is -0.379. The highest BCUT2D eigenvalue weighted by Gasteiger charge is 2.89. The van der Waals surface area contributed by atoms with Gasteiger partial charge in [-0.25, -0.2) is 4.79 Å². The SMILES string of the molecule is CCC(C)C(=O)OC1C(OC(C)=O)C(OC(C)=O)C2(COC(C)=O)C(OC(=O)c3ccoc3)CC3C(OC(C)=O)C2(OC3(C)C)C1(C)O. The average Bonchev–Trinajstić information content (AvgIpc) is 3.57. The number of hydrogen-bond acceptors (Lipinski definition) is 15. The Bertz CT molecular complexity index is 1430. The van der Waals surface area contributed by atoms with Crippen LogP contribution in [0.3, 0.4) is 0 Å². The monoisotopic (exact) mass is 680 g/mol. The van der Waals surface area contributed by atoms with Crippen molar-refractivity contribution in [1.82, 2.24) is 0 Å². The molecule has 2 heterocycles. The molecule has 1 saturated heterocycles. The van der Waals surface area contributed by atoms with Crippen molar-refractivity contribution in [2.24, 2.45) is 17.3 Å². The second kappa shape index (κ2) is 13.1. The molecule has 1 aromatic rings. The van der Waals surface area contributed by atoms with Crippen molar-refractivity contribution < 1.29 is 71.4 Å². The first-order chi connectivity index (χ1) is 22.3. The Balaban J connectivity index is 2.14. The lowest BCUT2D eigenvalue weighted by Gasteiger charge is -2.67. The molecule has 0 radical (unpaired) electrons. The lowest BCUT2D eigenvalue weighted by atomic mass is 9.45. The molecule has 15 heteroatoms. The molecule has 4 rings (SSSR count). The van der Waals surface area contributed by atoms with Crippen molar-refractivity contribution in [3.8, 4) is 0 Å². The maximum atomic E-state index is 13.6. The van der Waals surface area contributed by atoms with Gasteiger partial charge >= 0.3 is 35.8 Å². The Morgan fingerprint density at radius 2 is 1.48 bits per heavy atom. The molecule has 48 heavy (non-hydrogen) atoms. The van der Waals surface area contributed by atoms with Crippen molar-refractivity contribution in [3.63, 3.8) is 0 Å². The fraction of sp³-hybridized carbons (Fsp3) is 0.697. The van der Waals surface area contributed by atoms with Crippen LogP contribution < -0.4 is 0 Å². The van der Waals surface area contributed by atoms with E-state index >= 15 is 0 Å². The van der Waals surface area contributed by atoms with Crippen molar-refractivity contribution in [1.29, 1.82) is 0 Å². The third-order valence-electron chi connectivity index (χ3n) is 9.89. The number of carbonyl (C=O) groups excluding carboxylic acids is 6. The summed E-state index contributed by atoms with van der Waals surface area (Å²) in [5, 5.41) is 13.0. The standard InChI is InChI=1S/C33H44O15/c1-10-16(2)28(38)47-26-24(43-18(4)35)27(45-20(6)37)32(15-42-17(3)34)23(46-29(39)21-11-12-41-14-21)13-22-25(44-19(5)36)33(32,31(26,9)40)48-30(22,7)8/h11-12,14,16,22-27,40H,10,13,15H2,1-9H3. The van der Waals surface area contributed by atoms with E-state index in [-0.39, 0.29) is 12.0 Å². The number of carbonyl (C=O) groups is 6. The van der Waals surface area contributed by atoms with E-state index in [1.165, 1.54) is 19.3 Å². The van der Waals surface area contributed by atoms with E-state index in [1.54, 1.807) is 27.7 Å². The molecule has 1 aliphatic heterocycles. The van der Waals surface area contributed by atoms with Gasteiger partial charge in [-0.1, -0.05) is 13.8 Å². The zero-order chi connectivity index (χ0) is 36.0. The molecular formula is C33H44O15. The molecular weight excluding hydrogens is 636 g/mol. The fourth-order valence-electron chi connectivity index (χ4n) is 7.72. The summed E-state index contributed by atoms with van der Waals surface area (Å²) in [5.41, 5.74) is -8.28. The highest BCUT2D eigenvalue weighted by Crippen LogP contribution is 2.69. The first-order valence-corrected chi connectivity index (χ1v) is 15.8. The maximum Gasteiger partial charge on any atom is 0.341 e. The topological polar surface area (TPSA) is 200 Å². The van der Waals surface area contributed by atoms with Crippen LogP contribution in [0.25, 0.3) is 0 Å². The van der Waals surface area contributed by atoms with Gasteiger partial charge in [-0.3, -0.25) is 24.0 Å². The van der Waals surface area contributed by atoms with Crippen molar-refractivity contribution >= 4 is 35.8 Å². The van der Waals surface area contributed by atoms with Gasteiger partial charge in [-0.2, -0.15) is 0 Å². The minimum absolute atomic E-state index is 0.00447. The molecule has 2 bridgehead atoms. The minimum atomic E-state index is -2.50. The van der Waals surface area contributed by atoms with Crippen LogP contribution in [0.5, 0.6) is 0 Å². The van der Waals surface area contributed by atoms with Gasteiger partial charge in [0.1, 0.15) is 36.1 Å². The number of rotatable bonds is 10. The molecule has 10 unspecified atom stereocenters. The minimum Gasteiger partial charge on any atom is -0.472 e. The Labute approximate surface area is 277 Å². The van der Waals surface area contributed by atoms with E-state index in [4.69, 9.17) is 37.6 Å². The Morgan fingerprint density at radius 3 is 2.00 bits per heavy atom. The summed E-state index contributed by atoms with van der Waals surface area (Å²) in [7, 11) is 0. The number of furan rings is 1. The Hall–Kier alpha value is -3.98. The third-order valence-corrected chi connectivity index (χ3v) is 9.89. The predicted molar refractivity (Wildman–Crippen MR) is 160 cm³/mol.